The minimum Gasteiger partial charge on any atom is -0.467 e. The third-order valence-electron chi connectivity index (χ3n) is 8.58. The summed E-state index contributed by atoms with van der Waals surface area (Å²) in [6, 6.07) is 29.1. The summed E-state index contributed by atoms with van der Waals surface area (Å²) in [5, 5.41) is 15.2. The molecule has 48 heavy (non-hydrogen) atoms. The Balaban J connectivity index is 1.30. The molecule has 0 radical (unpaired) electrons. The number of hydrogen-bond donors (Lipinski definition) is 3. The number of pyridine rings is 1. The van der Waals surface area contributed by atoms with Crippen molar-refractivity contribution in [2.45, 2.75) is 50.9 Å². The van der Waals surface area contributed by atoms with Crippen molar-refractivity contribution >= 4 is 17.7 Å². The highest BCUT2D eigenvalue weighted by Gasteiger charge is 2.39. The first-order valence-corrected chi connectivity index (χ1v) is 16.2. The summed E-state index contributed by atoms with van der Waals surface area (Å²) < 4.78 is 18.2. The molecule has 3 N–H and O–H groups in total. The van der Waals surface area contributed by atoms with E-state index in [-0.39, 0.29) is 24.7 Å². The number of carbonyl (C=O) groups excluding carboxylic acids is 2. The molecular formula is C38H44N4O6. The lowest BCUT2D eigenvalue weighted by Gasteiger charge is -2.42. The zero-order valence-electron chi connectivity index (χ0n) is 27.6. The average molecular weight is 653 g/mol. The van der Waals surface area contributed by atoms with E-state index in [2.05, 4.69) is 34.5 Å². The Hall–Kier alpha value is -4.61. The van der Waals surface area contributed by atoms with Crippen molar-refractivity contribution in [3.63, 3.8) is 0 Å². The number of hydrogen-bond acceptors (Lipinski definition) is 8. The van der Waals surface area contributed by atoms with Gasteiger partial charge in [-0.2, -0.15) is 0 Å². The van der Waals surface area contributed by atoms with Gasteiger partial charge in [-0.1, -0.05) is 79.7 Å². The number of nitrogens with one attached hydrogen (secondary N) is 2. The highest BCUT2D eigenvalue weighted by atomic mass is 16.7. The van der Waals surface area contributed by atoms with Gasteiger partial charge in [0.1, 0.15) is 6.04 Å². The van der Waals surface area contributed by atoms with E-state index in [0.29, 0.717) is 18.7 Å². The van der Waals surface area contributed by atoms with Crippen molar-refractivity contribution in [1.29, 1.82) is 0 Å². The third kappa shape index (κ3) is 9.48. The van der Waals surface area contributed by atoms with Gasteiger partial charge < -0.3 is 34.9 Å². The van der Waals surface area contributed by atoms with Crippen LogP contribution in [0.4, 0.5) is 10.5 Å². The van der Waals surface area contributed by atoms with Crippen LogP contribution in [0.15, 0.2) is 103 Å². The van der Waals surface area contributed by atoms with Gasteiger partial charge in [-0.05, 0) is 48.0 Å². The number of aromatic nitrogens is 1. The zero-order valence-corrected chi connectivity index (χ0v) is 27.6. The van der Waals surface area contributed by atoms with Gasteiger partial charge in [-0.15, -0.1) is 0 Å². The molecule has 5 atom stereocenters. The number of aliphatic hydroxyl groups excluding tert-OH is 1. The van der Waals surface area contributed by atoms with Crippen molar-refractivity contribution in [2.75, 3.05) is 32.6 Å². The Morgan fingerprint density at radius 1 is 0.938 bits per heavy atom. The van der Waals surface area contributed by atoms with Gasteiger partial charge in [0.2, 0.25) is 0 Å². The molecule has 0 spiro atoms. The van der Waals surface area contributed by atoms with E-state index >= 15 is 0 Å². The average Bonchev–Trinajstić information content (AvgIpc) is 3.12. The van der Waals surface area contributed by atoms with Gasteiger partial charge in [0.25, 0.3) is 0 Å². The second-order valence-corrected chi connectivity index (χ2v) is 12.1. The molecule has 0 unspecified atom stereocenters. The van der Waals surface area contributed by atoms with E-state index in [9.17, 15) is 14.7 Å². The quantitative estimate of drug-likeness (QED) is 0.163. The first-order valence-electron chi connectivity index (χ1n) is 16.2. The second kappa shape index (κ2) is 17.0. The molecule has 1 saturated heterocycles. The Labute approximate surface area is 282 Å². The molecular weight excluding hydrogens is 608 g/mol. The maximum Gasteiger partial charge on any atom is 0.328 e. The smallest absolute Gasteiger partial charge is 0.328 e. The highest BCUT2D eigenvalue weighted by Crippen LogP contribution is 2.42. The van der Waals surface area contributed by atoms with Gasteiger partial charge in [-0.25, -0.2) is 9.59 Å². The topological polar surface area (TPSA) is 122 Å². The van der Waals surface area contributed by atoms with Crippen LogP contribution in [0.3, 0.4) is 0 Å². The standard InChI is InChI=1S/C38H44N4O6/c1-26-34(24-42(2)21-19-31-13-7-8-20-39-31)47-37(48-35(26)29-17-15-28(25-43)16-18-29)30-12-9-14-32(23-30)40-38(45)41-33(36(44)46-3)22-27-10-5-4-6-11-27/h4-18,20,23,26,33-35,37,43H,19,21-22,24-25H2,1-3H3,(H2,40,41,45)/t26-,33-,34+,35+,37+/m0/s1. The molecule has 10 heteroatoms. The fraction of sp³-hybridized carbons (Fsp3) is 0.342. The van der Waals surface area contributed by atoms with Crippen LogP contribution in [0.25, 0.3) is 0 Å². The number of methoxy groups -OCH3 is 1. The van der Waals surface area contributed by atoms with Crippen LogP contribution < -0.4 is 10.6 Å². The molecule has 2 amide bonds. The van der Waals surface area contributed by atoms with Crippen LogP contribution >= 0.6 is 0 Å². The van der Waals surface area contributed by atoms with Crippen LogP contribution in [0.5, 0.6) is 0 Å². The molecule has 4 aromatic rings. The molecule has 0 bridgehead atoms. The molecule has 10 nitrogen and oxygen atoms in total. The van der Waals surface area contributed by atoms with E-state index in [1.807, 2.05) is 97.2 Å². The number of urea groups is 1. The van der Waals surface area contributed by atoms with Gasteiger partial charge in [0.05, 0.1) is 25.9 Å². The normalized spacial score (nSPS) is 19.8. The van der Waals surface area contributed by atoms with Crippen molar-refractivity contribution in [2.24, 2.45) is 5.92 Å². The highest BCUT2D eigenvalue weighted by molar-refractivity contribution is 5.92. The Bertz CT molecular complexity index is 1600. The number of amides is 2. The van der Waals surface area contributed by atoms with Crippen molar-refractivity contribution in [3.05, 3.63) is 131 Å². The molecule has 0 saturated carbocycles. The van der Waals surface area contributed by atoms with Crippen LogP contribution in [-0.4, -0.2) is 66.4 Å². The Kier molecular flexibility index (Phi) is 12.3. The third-order valence-corrected chi connectivity index (χ3v) is 8.58. The fourth-order valence-electron chi connectivity index (χ4n) is 5.85. The van der Waals surface area contributed by atoms with E-state index in [1.54, 1.807) is 6.07 Å². The van der Waals surface area contributed by atoms with E-state index in [0.717, 1.165) is 40.9 Å². The summed E-state index contributed by atoms with van der Waals surface area (Å²) >= 11 is 0. The lowest BCUT2D eigenvalue weighted by Crippen LogP contribution is -2.45. The van der Waals surface area contributed by atoms with Crippen LogP contribution in [-0.2, 0) is 38.5 Å². The number of nitrogens with zero attached hydrogens (tertiary/aromatic N) is 2. The number of aliphatic hydroxyl groups is 1. The van der Waals surface area contributed by atoms with E-state index in [1.165, 1.54) is 7.11 Å². The summed E-state index contributed by atoms with van der Waals surface area (Å²) in [7, 11) is 3.38. The van der Waals surface area contributed by atoms with Crippen LogP contribution in [0, 0.1) is 5.92 Å². The molecule has 1 fully saturated rings. The number of benzene rings is 3. The van der Waals surface area contributed by atoms with Gasteiger partial charge >= 0.3 is 12.0 Å². The first kappa shape index (κ1) is 34.7. The predicted octanol–water partition coefficient (Wildman–Crippen LogP) is 5.45. The number of carbonyl (C=O) groups is 2. The molecule has 2 heterocycles. The zero-order chi connectivity index (χ0) is 33.9. The fourth-order valence-corrected chi connectivity index (χ4v) is 5.85. The number of rotatable bonds is 13. The van der Waals surface area contributed by atoms with Crippen LogP contribution in [0.1, 0.15) is 47.3 Å². The maximum absolute atomic E-state index is 13.1. The van der Waals surface area contributed by atoms with Gasteiger partial charge in [0.15, 0.2) is 6.29 Å². The molecule has 1 aliphatic rings. The Morgan fingerprint density at radius 3 is 2.42 bits per heavy atom. The summed E-state index contributed by atoms with van der Waals surface area (Å²) in [5.41, 5.74) is 5.02. The number of likely N-dealkylation sites (N-methyl/N-ethyl adjacent to an activating group) is 1. The van der Waals surface area contributed by atoms with Gasteiger partial charge in [-0.3, -0.25) is 4.98 Å². The van der Waals surface area contributed by atoms with Crippen molar-refractivity contribution in [3.8, 4) is 0 Å². The first-order chi connectivity index (χ1) is 23.3. The monoisotopic (exact) mass is 652 g/mol. The minimum atomic E-state index is -0.861. The number of ether oxygens (including phenoxy) is 3. The molecule has 0 aliphatic carbocycles. The summed E-state index contributed by atoms with van der Waals surface area (Å²) in [6.07, 6.45) is 1.78. The number of esters is 1. The van der Waals surface area contributed by atoms with E-state index < -0.39 is 24.3 Å². The lowest BCUT2D eigenvalue weighted by molar-refractivity contribution is -0.275. The van der Waals surface area contributed by atoms with Crippen molar-refractivity contribution < 1.29 is 28.9 Å². The van der Waals surface area contributed by atoms with Crippen LogP contribution in [0.2, 0.25) is 0 Å². The second-order valence-electron chi connectivity index (χ2n) is 12.1. The molecule has 1 aliphatic heterocycles. The summed E-state index contributed by atoms with van der Waals surface area (Å²) in [4.78, 5) is 32.3. The minimum absolute atomic E-state index is 0.0190. The summed E-state index contributed by atoms with van der Waals surface area (Å²) in [5.74, 6) is -0.513. The largest absolute Gasteiger partial charge is 0.467 e. The Morgan fingerprint density at radius 2 is 1.71 bits per heavy atom. The lowest BCUT2D eigenvalue weighted by atomic mass is 9.90. The summed E-state index contributed by atoms with van der Waals surface area (Å²) in [6.45, 7) is 3.59. The number of anilines is 1. The molecule has 3 aromatic carbocycles. The van der Waals surface area contributed by atoms with E-state index in [4.69, 9.17) is 14.2 Å². The molecule has 1 aromatic heterocycles. The maximum atomic E-state index is 13.1. The predicted molar refractivity (Wildman–Crippen MR) is 183 cm³/mol. The molecule has 252 valence electrons. The van der Waals surface area contributed by atoms with Gasteiger partial charge in [0, 0.05) is 55.0 Å². The SMILES string of the molecule is COC(=O)[C@H](Cc1ccccc1)NC(=O)Nc1cccc([C@@H]2O[C@H](CN(C)CCc3ccccn3)[C@H](C)[C@H](c3ccc(CO)cc3)O2)c1. The molecule has 5 rings (SSSR count). The van der Waals surface area contributed by atoms with Crippen molar-refractivity contribution in [1.82, 2.24) is 15.2 Å².